The van der Waals surface area contributed by atoms with Gasteiger partial charge in [-0.1, -0.05) is 24.3 Å². The number of rotatable bonds is 10. The maximum Gasteiger partial charge on any atom is 0.422 e. The van der Waals surface area contributed by atoms with Gasteiger partial charge in [0, 0.05) is 39.1 Å². The zero-order chi connectivity index (χ0) is 23.7. The Labute approximate surface area is 191 Å². The summed E-state index contributed by atoms with van der Waals surface area (Å²) in [6.45, 7) is 2.94. The van der Waals surface area contributed by atoms with Gasteiger partial charge in [0.1, 0.15) is 12.4 Å². The summed E-state index contributed by atoms with van der Waals surface area (Å²) in [6, 6.07) is 14.4. The van der Waals surface area contributed by atoms with Crippen molar-refractivity contribution in [3.8, 4) is 17.2 Å². The average molecular weight is 467 g/mol. The molecule has 180 valence electrons. The molecule has 1 saturated heterocycles. The molecule has 1 heterocycles. The van der Waals surface area contributed by atoms with E-state index in [1.165, 1.54) is 13.2 Å². The molecule has 0 spiro atoms. The highest BCUT2D eigenvalue weighted by molar-refractivity contribution is 5.76. The molecule has 0 N–H and O–H groups in total. The van der Waals surface area contributed by atoms with E-state index in [0.29, 0.717) is 32.5 Å². The topological polar surface area (TPSA) is 51.2 Å². The summed E-state index contributed by atoms with van der Waals surface area (Å²) in [7, 11) is 1.37. The normalized spacial score (nSPS) is 14.7. The van der Waals surface area contributed by atoms with Gasteiger partial charge >= 0.3 is 6.18 Å². The van der Waals surface area contributed by atoms with E-state index in [0.717, 1.165) is 30.9 Å². The van der Waals surface area contributed by atoms with Crippen LogP contribution in [0.1, 0.15) is 12.0 Å². The molecule has 0 saturated carbocycles. The lowest BCUT2D eigenvalue weighted by Crippen LogP contribution is -2.49. The summed E-state index contributed by atoms with van der Waals surface area (Å²) in [5.41, 5.74) is 0.802. The number of ether oxygens (including phenoxy) is 3. The smallest absolute Gasteiger partial charge is 0.422 e. The molecule has 9 heteroatoms. The third kappa shape index (κ3) is 8.16. The third-order valence-corrected chi connectivity index (χ3v) is 5.39. The molecular weight excluding hydrogens is 437 g/mol. The van der Waals surface area contributed by atoms with Crippen molar-refractivity contribution in [2.75, 3.05) is 53.0 Å². The molecule has 2 aromatic rings. The number of aryl methyl sites for hydroxylation is 1. The second-order valence-electron chi connectivity index (χ2n) is 7.77. The summed E-state index contributed by atoms with van der Waals surface area (Å²) in [6.07, 6.45) is -3.63. The zero-order valence-electron chi connectivity index (χ0n) is 18.6. The van der Waals surface area contributed by atoms with Gasteiger partial charge in [-0.2, -0.15) is 13.2 Å². The molecule has 3 rings (SSSR count). The Morgan fingerprint density at radius 3 is 2.36 bits per heavy atom. The van der Waals surface area contributed by atoms with Crippen LogP contribution < -0.4 is 14.2 Å². The van der Waals surface area contributed by atoms with Gasteiger partial charge in [0.05, 0.1) is 7.11 Å². The van der Waals surface area contributed by atoms with E-state index in [1.54, 1.807) is 12.1 Å². The Bertz CT molecular complexity index is 885. The van der Waals surface area contributed by atoms with Crippen molar-refractivity contribution in [1.29, 1.82) is 0 Å². The molecule has 0 aliphatic carbocycles. The highest BCUT2D eigenvalue weighted by atomic mass is 19.4. The Kier molecular flexibility index (Phi) is 8.82. The molecule has 0 aromatic heterocycles. The summed E-state index contributed by atoms with van der Waals surface area (Å²) in [5, 5.41) is 0. The van der Waals surface area contributed by atoms with Crippen LogP contribution >= 0.6 is 0 Å². The first-order chi connectivity index (χ1) is 15.8. The molecular formula is C24H29F3N2O4. The number of para-hydroxylation sites is 1. The number of carbonyl (C=O) groups excluding carboxylic acids is 1. The summed E-state index contributed by atoms with van der Waals surface area (Å²) < 4.78 is 52.8. The zero-order valence-corrected chi connectivity index (χ0v) is 18.6. The first kappa shape index (κ1) is 24.7. The maximum atomic E-state index is 12.6. The van der Waals surface area contributed by atoms with Crippen LogP contribution in [0.15, 0.2) is 48.5 Å². The summed E-state index contributed by atoms with van der Waals surface area (Å²) in [5.74, 6) is 1.15. The van der Waals surface area contributed by atoms with Gasteiger partial charge in [-0.25, -0.2) is 0 Å². The molecule has 1 amide bonds. The molecule has 0 unspecified atom stereocenters. The average Bonchev–Trinajstić information content (AvgIpc) is 2.82. The third-order valence-electron chi connectivity index (χ3n) is 5.39. The number of nitrogens with zero attached hydrogens (tertiary/aromatic N) is 2. The molecule has 33 heavy (non-hydrogen) atoms. The number of alkyl halides is 3. The van der Waals surface area contributed by atoms with Crippen LogP contribution in [-0.4, -0.2) is 74.9 Å². The van der Waals surface area contributed by atoms with Crippen LogP contribution in [0.5, 0.6) is 17.2 Å². The summed E-state index contributed by atoms with van der Waals surface area (Å²) >= 11 is 0. The lowest BCUT2D eigenvalue weighted by Gasteiger charge is -2.34. The standard InChI is InChI=1S/C24H29F3N2O4/c1-31-22-17-19(7-9-21(22)33-18-24(25,26)27)8-10-23(30)29-13-11-28(12-14-29)15-16-32-20-5-3-2-4-6-20/h2-7,9,17H,8,10-16,18H2,1H3. The first-order valence-electron chi connectivity index (χ1n) is 10.9. The number of methoxy groups -OCH3 is 1. The van der Waals surface area contributed by atoms with E-state index < -0.39 is 12.8 Å². The number of hydrogen-bond donors (Lipinski definition) is 0. The van der Waals surface area contributed by atoms with Gasteiger partial charge in [-0.3, -0.25) is 9.69 Å². The monoisotopic (exact) mass is 466 g/mol. The molecule has 1 fully saturated rings. The van der Waals surface area contributed by atoms with Crippen LogP contribution in [0, 0.1) is 0 Å². The fraction of sp³-hybridized carbons (Fsp3) is 0.458. The van der Waals surface area contributed by atoms with E-state index in [2.05, 4.69) is 4.90 Å². The van der Waals surface area contributed by atoms with E-state index >= 15 is 0 Å². The van der Waals surface area contributed by atoms with E-state index in [-0.39, 0.29) is 17.4 Å². The molecule has 0 atom stereocenters. The Hall–Kier alpha value is -2.94. The Morgan fingerprint density at radius 1 is 0.970 bits per heavy atom. The minimum atomic E-state index is -4.42. The summed E-state index contributed by atoms with van der Waals surface area (Å²) in [4.78, 5) is 16.7. The van der Waals surface area contributed by atoms with Crippen molar-refractivity contribution in [3.63, 3.8) is 0 Å². The van der Waals surface area contributed by atoms with Crippen LogP contribution in [0.25, 0.3) is 0 Å². The molecule has 2 aromatic carbocycles. The Balaban J connectivity index is 1.39. The molecule has 1 aliphatic rings. The van der Waals surface area contributed by atoms with E-state index in [1.807, 2.05) is 35.2 Å². The molecule has 0 bridgehead atoms. The van der Waals surface area contributed by atoms with Crippen LogP contribution in [-0.2, 0) is 11.2 Å². The second kappa shape index (κ2) is 11.8. The van der Waals surface area contributed by atoms with Crippen LogP contribution in [0.3, 0.4) is 0 Å². The minimum Gasteiger partial charge on any atom is -0.493 e. The molecule has 0 radical (unpaired) electrons. The van der Waals surface area contributed by atoms with Crippen molar-refractivity contribution in [2.45, 2.75) is 19.0 Å². The van der Waals surface area contributed by atoms with Crippen molar-refractivity contribution in [3.05, 3.63) is 54.1 Å². The highest BCUT2D eigenvalue weighted by Gasteiger charge is 2.29. The quantitative estimate of drug-likeness (QED) is 0.533. The highest BCUT2D eigenvalue weighted by Crippen LogP contribution is 2.30. The SMILES string of the molecule is COc1cc(CCC(=O)N2CCN(CCOc3ccccc3)CC2)ccc1OCC(F)(F)F. The van der Waals surface area contributed by atoms with Gasteiger partial charge in [0.15, 0.2) is 18.1 Å². The first-order valence-corrected chi connectivity index (χ1v) is 10.9. The van der Waals surface area contributed by atoms with Crippen molar-refractivity contribution in [1.82, 2.24) is 9.80 Å². The predicted molar refractivity (Wildman–Crippen MR) is 118 cm³/mol. The van der Waals surface area contributed by atoms with E-state index in [9.17, 15) is 18.0 Å². The van der Waals surface area contributed by atoms with Gasteiger partial charge in [0.2, 0.25) is 5.91 Å². The van der Waals surface area contributed by atoms with Crippen LogP contribution in [0.2, 0.25) is 0 Å². The van der Waals surface area contributed by atoms with E-state index in [4.69, 9.17) is 14.2 Å². The minimum absolute atomic E-state index is 0.0252. The van der Waals surface area contributed by atoms with Gasteiger partial charge in [0.25, 0.3) is 0 Å². The van der Waals surface area contributed by atoms with Gasteiger partial charge in [-0.15, -0.1) is 0 Å². The second-order valence-corrected chi connectivity index (χ2v) is 7.77. The van der Waals surface area contributed by atoms with Gasteiger partial charge < -0.3 is 19.1 Å². The lowest BCUT2D eigenvalue weighted by molar-refractivity contribution is -0.153. The van der Waals surface area contributed by atoms with Crippen molar-refractivity contribution >= 4 is 5.91 Å². The number of carbonyl (C=O) groups is 1. The number of amides is 1. The molecule has 1 aliphatic heterocycles. The van der Waals surface area contributed by atoms with Gasteiger partial charge in [-0.05, 0) is 36.2 Å². The number of benzene rings is 2. The largest absolute Gasteiger partial charge is 0.493 e. The maximum absolute atomic E-state index is 12.6. The fourth-order valence-electron chi connectivity index (χ4n) is 3.59. The van der Waals surface area contributed by atoms with Crippen molar-refractivity contribution in [2.24, 2.45) is 0 Å². The molecule has 6 nitrogen and oxygen atoms in total. The van der Waals surface area contributed by atoms with Crippen molar-refractivity contribution < 1.29 is 32.2 Å². The lowest BCUT2D eigenvalue weighted by atomic mass is 10.1. The number of halogens is 3. The fourth-order valence-corrected chi connectivity index (χ4v) is 3.59. The predicted octanol–water partition coefficient (Wildman–Crippen LogP) is 3.79. The number of piperazine rings is 1. The number of hydrogen-bond acceptors (Lipinski definition) is 5. The van der Waals surface area contributed by atoms with Crippen LogP contribution in [0.4, 0.5) is 13.2 Å². The Morgan fingerprint density at radius 2 is 1.70 bits per heavy atom.